The Labute approximate surface area is 106 Å². The van der Waals surface area contributed by atoms with Gasteiger partial charge in [0, 0.05) is 12.5 Å². The average molecular weight is 243 g/mol. The highest BCUT2D eigenvalue weighted by Crippen LogP contribution is 2.47. The number of benzene rings is 1. The maximum absolute atomic E-state index is 6.08. The van der Waals surface area contributed by atoms with Gasteiger partial charge in [0.05, 0.1) is 11.1 Å². The van der Waals surface area contributed by atoms with Gasteiger partial charge < -0.3 is 10.5 Å². The minimum atomic E-state index is -0.188. The first kappa shape index (κ1) is 11.4. The standard InChI is InChI=1S/C14H17N3O/c1-9-16-11-6-3-5-10(12(11)13(15)17-9)14(18-2)7-4-8-14/h3,5-6H,4,7-8H2,1-2H3,(H2,15,16,17). The third kappa shape index (κ3) is 1.49. The molecule has 1 aromatic heterocycles. The van der Waals surface area contributed by atoms with Crippen molar-refractivity contribution in [2.45, 2.75) is 31.8 Å². The van der Waals surface area contributed by atoms with Gasteiger partial charge in [-0.1, -0.05) is 12.1 Å². The maximum atomic E-state index is 6.08. The molecule has 1 saturated carbocycles. The van der Waals surface area contributed by atoms with Crippen LogP contribution in [0.25, 0.3) is 10.9 Å². The van der Waals surface area contributed by atoms with Crippen LogP contribution in [0, 0.1) is 6.92 Å². The van der Waals surface area contributed by atoms with Crippen molar-refractivity contribution in [2.75, 3.05) is 12.8 Å². The number of nitrogen functional groups attached to an aromatic ring is 1. The molecule has 1 aromatic carbocycles. The lowest BCUT2D eigenvalue weighted by molar-refractivity contribution is -0.0766. The van der Waals surface area contributed by atoms with E-state index in [0.717, 1.165) is 29.3 Å². The molecule has 1 fully saturated rings. The molecule has 4 heteroatoms. The van der Waals surface area contributed by atoms with Crippen molar-refractivity contribution in [1.82, 2.24) is 9.97 Å². The SMILES string of the molecule is COC1(c2cccc3nc(C)nc(N)c23)CCC1. The summed E-state index contributed by atoms with van der Waals surface area (Å²) in [7, 11) is 1.77. The van der Waals surface area contributed by atoms with Gasteiger partial charge in [0.15, 0.2) is 0 Å². The van der Waals surface area contributed by atoms with Gasteiger partial charge in [-0.3, -0.25) is 0 Å². The molecular weight excluding hydrogens is 226 g/mol. The van der Waals surface area contributed by atoms with E-state index in [1.54, 1.807) is 7.11 Å². The number of hydrogen-bond donors (Lipinski definition) is 1. The maximum Gasteiger partial charge on any atom is 0.135 e. The molecule has 4 nitrogen and oxygen atoms in total. The number of methoxy groups -OCH3 is 1. The van der Waals surface area contributed by atoms with Crippen molar-refractivity contribution in [2.24, 2.45) is 0 Å². The van der Waals surface area contributed by atoms with Crippen LogP contribution < -0.4 is 5.73 Å². The molecular formula is C14H17N3O. The predicted molar refractivity (Wildman–Crippen MR) is 71.2 cm³/mol. The van der Waals surface area contributed by atoms with Crippen molar-refractivity contribution < 1.29 is 4.74 Å². The Morgan fingerprint density at radius 3 is 2.67 bits per heavy atom. The summed E-state index contributed by atoms with van der Waals surface area (Å²) in [4.78, 5) is 8.74. The van der Waals surface area contributed by atoms with Crippen LogP contribution in [-0.4, -0.2) is 17.1 Å². The fourth-order valence-electron chi connectivity index (χ4n) is 2.79. The summed E-state index contributed by atoms with van der Waals surface area (Å²) in [6, 6.07) is 6.08. The largest absolute Gasteiger partial charge is 0.383 e. The summed E-state index contributed by atoms with van der Waals surface area (Å²) >= 11 is 0. The van der Waals surface area contributed by atoms with E-state index >= 15 is 0 Å². The van der Waals surface area contributed by atoms with Crippen molar-refractivity contribution in [3.8, 4) is 0 Å². The lowest BCUT2D eigenvalue weighted by atomic mass is 9.73. The van der Waals surface area contributed by atoms with Gasteiger partial charge in [0.2, 0.25) is 0 Å². The second-order valence-electron chi connectivity index (χ2n) is 4.91. The fourth-order valence-corrected chi connectivity index (χ4v) is 2.79. The normalized spacial score (nSPS) is 17.7. The van der Waals surface area contributed by atoms with Gasteiger partial charge in [-0.2, -0.15) is 0 Å². The quantitative estimate of drug-likeness (QED) is 0.880. The highest BCUT2D eigenvalue weighted by atomic mass is 16.5. The smallest absolute Gasteiger partial charge is 0.135 e. The molecule has 0 atom stereocenters. The number of nitrogens with zero attached hydrogens (tertiary/aromatic N) is 2. The number of aromatic nitrogens is 2. The number of nitrogens with two attached hydrogens (primary N) is 1. The third-order valence-corrected chi connectivity index (χ3v) is 3.91. The first-order chi connectivity index (χ1) is 8.66. The second kappa shape index (κ2) is 3.92. The molecule has 0 bridgehead atoms. The lowest BCUT2D eigenvalue weighted by Crippen LogP contribution is -2.36. The van der Waals surface area contributed by atoms with E-state index in [0.29, 0.717) is 11.6 Å². The highest BCUT2D eigenvalue weighted by Gasteiger charge is 2.40. The zero-order valence-corrected chi connectivity index (χ0v) is 10.7. The van der Waals surface area contributed by atoms with Crippen LogP contribution in [0.1, 0.15) is 30.7 Å². The Kier molecular flexibility index (Phi) is 2.48. The van der Waals surface area contributed by atoms with E-state index in [9.17, 15) is 0 Å². The predicted octanol–water partition coefficient (Wildman–Crippen LogP) is 2.55. The molecule has 3 rings (SSSR count). The number of anilines is 1. The van der Waals surface area contributed by atoms with E-state index in [1.165, 1.54) is 6.42 Å². The highest BCUT2D eigenvalue weighted by molar-refractivity contribution is 5.92. The summed E-state index contributed by atoms with van der Waals surface area (Å²) in [6.07, 6.45) is 3.27. The minimum absolute atomic E-state index is 0.188. The number of rotatable bonds is 2. The number of hydrogen-bond acceptors (Lipinski definition) is 4. The van der Waals surface area contributed by atoms with Crippen molar-refractivity contribution >= 4 is 16.7 Å². The molecule has 1 aliphatic carbocycles. The number of fused-ring (bicyclic) bond motifs is 1. The van der Waals surface area contributed by atoms with Crippen LogP contribution in [0.2, 0.25) is 0 Å². The fraction of sp³-hybridized carbons (Fsp3) is 0.429. The molecule has 2 N–H and O–H groups in total. The van der Waals surface area contributed by atoms with Crippen LogP contribution in [0.4, 0.5) is 5.82 Å². The Hall–Kier alpha value is -1.68. The van der Waals surface area contributed by atoms with Crippen molar-refractivity contribution in [3.05, 3.63) is 29.6 Å². The minimum Gasteiger partial charge on any atom is -0.383 e. The van der Waals surface area contributed by atoms with Crippen LogP contribution in [0.5, 0.6) is 0 Å². The van der Waals surface area contributed by atoms with Crippen LogP contribution in [0.15, 0.2) is 18.2 Å². The molecule has 0 aliphatic heterocycles. The third-order valence-electron chi connectivity index (χ3n) is 3.91. The summed E-state index contributed by atoms with van der Waals surface area (Å²) < 4.78 is 5.74. The van der Waals surface area contributed by atoms with E-state index in [-0.39, 0.29) is 5.60 Å². The van der Waals surface area contributed by atoms with E-state index in [4.69, 9.17) is 10.5 Å². The average Bonchev–Trinajstić information content (AvgIpc) is 2.27. The van der Waals surface area contributed by atoms with Crippen LogP contribution in [-0.2, 0) is 10.3 Å². The molecule has 0 spiro atoms. The second-order valence-corrected chi connectivity index (χ2v) is 4.91. The summed E-state index contributed by atoms with van der Waals surface area (Å²) in [5, 5.41) is 0.949. The van der Waals surface area contributed by atoms with Crippen LogP contribution >= 0.6 is 0 Å². The molecule has 1 heterocycles. The molecule has 94 valence electrons. The van der Waals surface area contributed by atoms with E-state index in [2.05, 4.69) is 16.0 Å². The van der Waals surface area contributed by atoms with Gasteiger partial charge in [-0.15, -0.1) is 0 Å². The molecule has 0 saturated heterocycles. The molecule has 0 amide bonds. The van der Waals surface area contributed by atoms with Crippen molar-refractivity contribution in [3.63, 3.8) is 0 Å². The van der Waals surface area contributed by atoms with Gasteiger partial charge in [0.1, 0.15) is 11.6 Å². The summed E-state index contributed by atoms with van der Waals surface area (Å²) in [5.41, 5.74) is 7.93. The first-order valence-electron chi connectivity index (χ1n) is 6.25. The zero-order chi connectivity index (χ0) is 12.8. The molecule has 0 radical (unpaired) electrons. The number of ether oxygens (including phenoxy) is 1. The molecule has 2 aromatic rings. The van der Waals surface area contributed by atoms with E-state index < -0.39 is 0 Å². The Morgan fingerprint density at radius 1 is 1.28 bits per heavy atom. The van der Waals surface area contributed by atoms with E-state index in [1.807, 2.05) is 19.1 Å². The molecule has 1 aliphatic rings. The summed E-state index contributed by atoms with van der Waals surface area (Å²) in [5.74, 6) is 1.26. The number of aryl methyl sites for hydroxylation is 1. The van der Waals surface area contributed by atoms with Gasteiger partial charge in [-0.05, 0) is 37.8 Å². The zero-order valence-electron chi connectivity index (χ0n) is 10.7. The Morgan fingerprint density at radius 2 is 2.06 bits per heavy atom. The van der Waals surface area contributed by atoms with Gasteiger partial charge in [0.25, 0.3) is 0 Å². The van der Waals surface area contributed by atoms with Crippen LogP contribution in [0.3, 0.4) is 0 Å². The monoisotopic (exact) mass is 243 g/mol. The lowest BCUT2D eigenvalue weighted by Gasteiger charge is -2.41. The topological polar surface area (TPSA) is 61.0 Å². The molecule has 0 unspecified atom stereocenters. The molecule has 18 heavy (non-hydrogen) atoms. The Bertz CT molecular complexity index is 600. The Balaban J connectivity index is 2.30. The first-order valence-corrected chi connectivity index (χ1v) is 6.25. The summed E-state index contributed by atoms with van der Waals surface area (Å²) in [6.45, 7) is 1.86. The van der Waals surface area contributed by atoms with Gasteiger partial charge in [-0.25, -0.2) is 9.97 Å². The van der Waals surface area contributed by atoms with Gasteiger partial charge >= 0.3 is 0 Å². The van der Waals surface area contributed by atoms with Crippen molar-refractivity contribution in [1.29, 1.82) is 0 Å².